The van der Waals surface area contributed by atoms with E-state index in [2.05, 4.69) is 5.48 Å². The first-order valence-electron chi connectivity index (χ1n) is 19.1. The quantitative estimate of drug-likeness (QED) is 0.0257. The number of aromatic nitrogens is 4. The van der Waals surface area contributed by atoms with Gasteiger partial charge in [0, 0.05) is 6.61 Å². The first kappa shape index (κ1) is 42.8. The van der Waals surface area contributed by atoms with Crippen LogP contribution in [-0.2, 0) is 42.9 Å². The van der Waals surface area contributed by atoms with Gasteiger partial charge in [0.2, 0.25) is 0 Å². The fourth-order valence-electron chi connectivity index (χ4n) is 6.84. The van der Waals surface area contributed by atoms with Gasteiger partial charge in [-0.3, -0.25) is 13.6 Å². The Balaban J connectivity index is 1.49. The minimum absolute atomic E-state index is 0.0238. The van der Waals surface area contributed by atoms with Crippen molar-refractivity contribution in [3.63, 3.8) is 0 Å². The van der Waals surface area contributed by atoms with Gasteiger partial charge in [-0.25, -0.2) is 20.4 Å². The Bertz CT molecular complexity index is 2290. The van der Waals surface area contributed by atoms with Crippen molar-refractivity contribution in [2.45, 2.75) is 69.6 Å². The minimum atomic E-state index is -4.18. The second kappa shape index (κ2) is 18.9. The fourth-order valence-corrected chi connectivity index (χ4v) is 9.59. The smallest absolute Gasteiger partial charge is 0.356 e. The van der Waals surface area contributed by atoms with Gasteiger partial charge in [-0.2, -0.15) is 8.42 Å². The zero-order valence-electron chi connectivity index (χ0n) is 33.5. The highest BCUT2D eigenvalue weighted by molar-refractivity contribution is 7.86. The molecule has 0 aliphatic heterocycles. The lowest BCUT2D eigenvalue weighted by atomic mass is 9.68. The van der Waals surface area contributed by atoms with Crippen LogP contribution in [0.15, 0.2) is 126 Å². The number of benzene rings is 4. The van der Waals surface area contributed by atoms with E-state index in [1.165, 1.54) is 19.2 Å². The number of anilines is 1. The first-order chi connectivity index (χ1) is 27.9. The number of imidazole rings is 1. The average molecular weight is 828 g/mol. The van der Waals surface area contributed by atoms with E-state index in [9.17, 15) is 13.0 Å². The molecule has 6 rings (SSSR count). The van der Waals surface area contributed by atoms with Crippen LogP contribution in [0.4, 0.5) is 5.82 Å². The van der Waals surface area contributed by atoms with E-state index >= 15 is 0 Å². The third-order valence-electron chi connectivity index (χ3n) is 9.28. The van der Waals surface area contributed by atoms with Gasteiger partial charge >= 0.3 is 7.60 Å². The molecule has 2 heterocycles. The van der Waals surface area contributed by atoms with Crippen molar-refractivity contribution < 1.29 is 35.8 Å². The lowest BCUT2D eigenvalue weighted by molar-refractivity contribution is 0.0911. The van der Waals surface area contributed by atoms with Crippen molar-refractivity contribution in [2.75, 3.05) is 32.2 Å². The number of nitrogens with one attached hydrogen (secondary N) is 1. The van der Waals surface area contributed by atoms with Crippen LogP contribution < -0.4 is 5.48 Å². The molecule has 0 bridgehead atoms. The van der Waals surface area contributed by atoms with E-state index in [1.54, 1.807) is 50.7 Å². The Morgan fingerprint density at radius 2 is 1.31 bits per heavy atom. The van der Waals surface area contributed by atoms with Gasteiger partial charge in [-0.15, -0.1) is 0 Å². The molecule has 58 heavy (non-hydrogen) atoms. The summed E-state index contributed by atoms with van der Waals surface area (Å²) < 4.78 is 65.5. The summed E-state index contributed by atoms with van der Waals surface area (Å²) in [6.07, 6.45) is 0.742. The monoisotopic (exact) mass is 827 g/mol. The van der Waals surface area contributed by atoms with Crippen molar-refractivity contribution in [3.05, 3.63) is 150 Å². The molecule has 2 aromatic heterocycles. The van der Waals surface area contributed by atoms with Gasteiger partial charge in [0.1, 0.15) is 11.8 Å². The number of fused-ring (bicyclic) bond motifs is 1. The summed E-state index contributed by atoms with van der Waals surface area (Å²) >= 11 is 0. The Morgan fingerprint density at radius 3 is 1.81 bits per heavy atom. The van der Waals surface area contributed by atoms with Gasteiger partial charge in [0.05, 0.1) is 43.2 Å². The summed E-state index contributed by atoms with van der Waals surface area (Å²) in [5.41, 5.74) is 6.29. The SMILES string of the molecule is CONc1nc(C(c2ccccc2)(c2ccccc2)c2ccccc2)nc2c1ncn2C(CCOCP(=O)(OC(C)C)OC(C)C)COS(=O)(=O)c1ccc(C)cc1. The van der Waals surface area contributed by atoms with E-state index < -0.39 is 29.2 Å². The molecule has 0 saturated heterocycles. The van der Waals surface area contributed by atoms with Crippen molar-refractivity contribution in [3.8, 4) is 0 Å². The lowest BCUT2D eigenvalue weighted by Crippen LogP contribution is -2.33. The second-order valence-electron chi connectivity index (χ2n) is 14.3. The topological polar surface area (TPSA) is 153 Å². The van der Waals surface area contributed by atoms with Crippen molar-refractivity contribution in [2.24, 2.45) is 0 Å². The third-order valence-corrected chi connectivity index (χ3v) is 12.6. The summed E-state index contributed by atoms with van der Waals surface area (Å²) in [6, 6.07) is 35.7. The number of hydrogen-bond acceptors (Lipinski definition) is 12. The molecule has 0 saturated carbocycles. The molecule has 0 amide bonds. The summed E-state index contributed by atoms with van der Waals surface area (Å²) in [7, 11) is -6.31. The number of rotatable bonds is 20. The highest BCUT2D eigenvalue weighted by Gasteiger charge is 2.42. The van der Waals surface area contributed by atoms with Crippen LogP contribution >= 0.6 is 7.60 Å². The summed E-state index contributed by atoms with van der Waals surface area (Å²) in [5.74, 6) is 0.708. The van der Waals surface area contributed by atoms with Crippen LogP contribution in [0.3, 0.4) is 0 Å². The molecule has 1 N–H and O–H groups in total. The van der Waals surface area contributed by atoms with E-state index in [0.717, 1.165) is 22.3 Å². The number of ether oxygens (including phenoxy) is 1. The Hall–Kier alpha value is -4.79. The molecular weight excluding hydrogens is 778 g/mol. The van der Waals surface area contributed by atoms with Crippen LogP contribution in [-0.4, -0.2) is 66.8 Å². The zero-order chi connectivity index (χ0) is 41.3. The molecule has 4 aromatic carbocycles. The molecule has 0 radical (unpaired) electrons. The van der Waals surface area contributed by atoms with Crippen molar-refractivity contribution in [1.82, 2.24) is 19.5 Å². The molecule has 0 spiro atoms. The maximum absolute atomic E-state index is 13.6. The third kappa shape index (κ3) is 9.73. The van der Waals surface area contributed by atoms with Crippen LogP contribution in [0.1, 0.15) is 68.2 Å². The molecule has 13 nitrogen and oxygen atoms in total. The lowest BCUT2D eigenvalue weighted by Gasteiger charge is -2.34. The predicted molar refractivity (Wildman–Crippen MR) is 223 cm³/mol. The number of nitrogens with zero attached hydrogens (tertiary/aromatic N) is 4. The average Bonchev–Trinajstić information content (AvgIpc) is 3.63. The summed E-state index contributed by atoms with van der Waals surface area (Å²) in [4.78, 5) is 20.6. The van der Waals surface area contributed by atoms with Crippen molar-refractivity contribution >= 4 is 34.7 Å². The Kier molecular flexibility index (Phi) is 13.9. The van der Waals surface area contributed by atoms with E-state index in [1.807, 2.05) is 97.9 Å². The van der Waals surface area contributed by atoms with Crippen LogP contribution in [0, 0.1) is 6.92 Å². The normalized spacial score (nSPS) is 13.0. The molecule has 306 valence electrons. The van der Waals surface area contributed by atoms with E-state index in [0.29, 0.717) is 22.8 Å². The van der Waals surface area contributed by atoms with Gasteiger partial charge in [-0.1, -0.05) is 109 Å². The maximum atomic E-state index is 13.6. The van der Waals surface area contributed by atoms with Crippen LogP contribution in [0.5, 0.6) is 0 Å². The first-order valence-corrected chi connectivity index (χ1v) is 22.2. The largest absolute Gasteiger partial charge is 0.369 e. The standard InChI is InChI=1S/C43H50N5O8PS/c1-31(2)55-57(49,56-32(3)4)30-53-27-26-37(28-54-58(50,51)38-24-22-33(5)23-25-38)48-29-44-39-40(47-52-6)45-42(46-41(39)48)43(34-16-10-7-11-17-34,35-18-12-8-13-19-35)36-20-14-9-15-21-36/h7-25,29,31-32,37H,26-28,30H2,1-6H3,(H,45,46,47). The van der Waals surface area contributed by atoms with E-state index in [4.69, 9.17) is 37.8 Å². The number of aryl methyl sites for hydroxylation is 1. The Morgan fingerprint density at radius 1 is 0.776 bits per heavy atom. The highest BCUT2D eigenvalue weighted by atomic mass is 32.2. The molecule has 1 unspecified atom stereocenters. The Labute approximate surface area is 340 Å². The maximum Gasteiger partial charge on any atom is 0.356 e. The highest BCUT2D eigenvalue weighted by Crippen LogP contribution is 2.50. The second-order valence-corrected chi connectivity index (χ2v) is 17.8. The minimum Gasteiger partial charge on any atom is -0.369 e. The van der Waals surface area contributed by atoms with Gasteiger partial charge in [-0.05, 0) is 69.9 Å². The van der Waals surface area contributed by atoms with Crippen LogP contribution in [0.25, 0.3) is 11.2 Å². The molecule has 0 aliphatic carbocycles. The fraction of sp³-hybridized carbons (Fsp3) is 0.326. The summed E-state index contributed by atoms with van der Waals surface area (Å²) in [6.45, 7) is 8.69. The molecular formula is C43H50N5O8PS. The molecule has 0 fully saturated rings. The molecule has 1 atom stereocenters. The summed E-state index contributed by atoms with van der Waals surface area (Å²) in [5, 5.41) is 0. The predicted octanol–water partition coefficient (Wildman–Crippen LogP) is 8.84. The van der Waals surface area contributed by atoms with E-state index in [-0.39, 0.29) is 43.1 Å². The van der Waals surface area contributed by atoms with Gasteiger partial charge in [0.25, 0.3) is 10.1 Å². The zero-order valence-corrected chi connectivity index (χ0v) is 35.2. The van der Waals surface area contributed by atoms with Gasteiger partial charge < -0.3 is 18.4 Å². The molecule has 15 heteroatoms. The van der Waals surface area contributed by atoms with Crippen LogP contribution in [0.2, 0.25) is 0 Å². The van der Waals surface area contributed by atoms with Crippen molar-refractivity contribution in [1.29, 1.82) is 0 Å². The molecule has 6 aromatic rings. The van der Waals surface area contributed by atoms with Gasteiger partial charge in [0.15, 0.2) is 22.8 Å². The number of hydrogen-bond donors (Lipinski definition) is 1. The molecule has 0 aliphatic rings.